The third kappa shape index (κ3) is 3.15. The number of rotatable bonds is 3. The molecule has 1 amide bonds. The Hall–Kier alpha value is -2.88. The van der Waals surface area contributed by atoms with Crippen LogP contribution in [0.4, 0.5) is 5.82 Å². The highest BCUT2D eigenvalue weighted by Crippen LogP contribution is 2.25. The van der Waals surface area contributed by atoms with Gasteiger partial charge >= 0.3 is 0 Å². The van der Waals surface area contributed by atoms with Crippen molar-refractivity contribution in [2.45, 2.75) is 44.6 Å². The molecule has 1 aliphatic carbocycles. The first kappa shape index (κ1) is 16.6. The van der Waals surface area contributed by atoms with E-state index in [1.165, 1.54) is 0 Å². The Morgan fingerprint density at radius 2 is 2.12 bits per heavy atom. The number of carbonyl (C=O) groups is 1. The molecule has 0 bridgehead atoms. The van der Waals surface area contributed by atoms with Crippen LogP contribution in [0, 0.1) is 11.3 Å². The van der Waals surface area contributed by atoms with Crippen LogP contribution in [0.5, 0.6) is 0 Å². The fourth-order valence-electron chi connectivity index (χ4n) is 3.79. The molecule has 4 rings (SSSR count). The van der Waals surface area contributed by atoms with Crippen LogP contribution >= 0.6 is 0 Å². The van der Waals surface area contributed by atoms with Crippen LogP contribution in [0.3, 0.4) is 0 Å². The molecule has 7 heteroatoms. The lowest BCUT2D eigenvalue weighted by molar-refractivity contribution is 0.0921. The lowest BCUT2D eigenvalue weighted by Gasteiger charge is -2.33. The predicted octanol–water partition coefficient (Wildman–Crippen LogP) is 2.22. The number of aryl methyl sites for hydroxylation is 1. The third-order valence-electron chi connectivity index (χ3n) is 5.20. The number of nitrogens with one attached hydrogen (secondary N) is 1. The van der Waals surface area contributed by atoms with E-state index in [0.29, 0.717) is 11.3 Å². The van der Waals surface area contributed by atoms with Gasteiger partial charge in [-0.05, 0) is 44.2 Å². The van der Waals surface area contributed by atoms with E-state index in [4.69, 9.17) is 4.52 Å². The van der Waals surface area contributed by atoms with Crippen molar-refractivity contribution >= 4 is 11.7 Å². The summed E-state index contributed by atoms with van der Waals surface area (Å²) in [5, 5.41) is 16.3. The van der Waals surface area contributed by atoms with Gasteiger partial charge in [-0.2, -0.15) is 5.26 Å². The molecule has 3 heterocycles. The standard InChI is InChI=1S/C19H21N5O2/c20-12-13-4-3-9-21-18(13)24-10-7-14(8-11-24)22-19(25)17-15-5-1-2-6-16(15)26-23-17/h3-4,9,14H,1-2,5-8,10-11H2,(H,22,25). The number of aromatic nitrogens is 2. The van der Waals surface area contributed by atoms with Crippen molar-refractivity contribution in [2.24, 2.45) is 0 Å². The first-order valence-electron chi connectivity index (χ1n) is 9.14. The summed E-state index contributed by atoms with van der Waals surface area (Å²) in [6.45, 7) is 1.52. The van der Waals surface area contributed by atoms with E-state index in [0.717, 1.165) is 68.8 Å². The normalized spacial score (nSPS) is 17.4. The summed E-state index contributed by atoms with van der Waals surface area (Å²) < 4.78 is 5.34. The molecule has 2 aliphatic rings. The molecule has 0 spiro atoms. The highest BCUT2D eigenvalue weighted by atomic mass is 16.5. The Bertz CT molecular complexity index is 846. The van der Waals surface area contributed by atoms with Gasteiger partial charge in [0.05, 0.1) is 5.56 Å². The van der Waals surface area contributed by atoms with E-state index < -0.39 is 0 Å². The largest absolute Gasteiger partial charge is 0.360 e. The Morgan fingerprint density at radius 3 is 2.92 bits per heavy atom. The second kappa shape index (κ2) is 7.16. The number of fused-ring (bicyclic) bond motifs is 1. The van der Waals surface area contributed by atoms with Gasteiger partial charge in [0.15, 0.2) is 5.69 Å². The molecule has 134 valence electrons. The van der Waals surface area contributed by atoms with Gasteiger partial charge in [-0.15, -0.1) is 0 Å². The Morgan fingerprint density at radius 1 is 1.31 bits per heavy atom. The maximum Gasteiger partial charge on any atom is 0.273 e. The highest BCUT2D eigenvalue weighted by Gasteiger charge is 2.27. The van der Waals surface area contributed by atoms with Gasteiger partial charge in [-0.3, -0.25) is 4.79 Å². The Balaban J connectivity index is 1.38. The molecule has 0 radical (unpaired) electrons. The zero-order valence-electron chi connectivity index (χ0n) is 14.6. The second-order valence-corrected chi connectivity index (χ2v) is 6.86. The zero-order valence-corrected chi connectivity index (χ0v) is 14.6. The van der Waals surface area contributed by atoms with Crippen LogP contribution in [0.2, 0.25) is 0 Å². The first-order valence-corrected chi connectivity index (χ1v) is 9.14. The van der Waals surface area contributed by atoms with Crippen LogP contribution in [-0.4, -0.2) is 35.2 Å². The topological polar surface area (TPSA) is 95.1 Å². The van der Waals surface area contributed by atoms with Crippen molar-refractivity contribution in [1.82, 2.24) is 15.5 Å². The van der Waals surface area contributed by atoms with E-state index in [2.05, 4.69) is 26.4 Å². The van der Waals surface area contributed by atoms with Crippen molar-refractivity contribution in [3.8, 4) is 6.07 Å². The second-order valence-electron chi connectivity index (χ2n) is 6.86. The molecule has 0 saturated carbocycles. The van der Waals surface area contributed by atoms with Gasteiger partial charge in [-0.25, -0.2) is 4.98 Å². The third-order valence-corrected chi connectivity index (χ3v) is 5.20. The Labute approximate surface area is 152 Å². The molecular formula is C19H21N5O2. The van der Waals surface area contributed by atoms with Crippen molar-refractivity contribution in [3.05, 3.63) is 40.9 Å². The number of hydrogen-bond donors (Lipinski definition) is 1. The highest BCUT2D eigenvalue weighted by molar-refractivity contribution is 5.94. The van der Waals surface area contributed by atoms with Crippen molar-refractivity contribution in [1.29, 1.82) is 5.26 Å². The van der Waals surface area contributed by atoms with E-state index in [-0.39, 0.29) is 11.9 Å². The van der Waals surface area contributed by atoms with Crippen molar-refractivity contribution < 1.29 is 9.32 Å². The van der Waals surface area contributed by atoms with Gasteiger partial charge in [0.25, 0.3) is 5.91 Å². The number of nitriles is 1. The number of anilines is 1. The van der Waals surface area contributed by atoms with Gasteiger partial charge in [0, 0.05) is 37.3 Å². The van der Waals surface area contributed by atoms with E-state index in [1.807, 2.05) is 0 Å². The molecule has 2 aromatic heterocycles. The number of piperidine rings is 1. The maximum absolute atomic E-state index is 12.6. The number of hydrogen-bond acceptors (Lipinski definition) is 6. The average Bonchev–Trinajstić information content (AvgIpc) is 3.13. The fraction of sp³-hybridized carbons (Fsp3) is 0.474. The maximum atomic E-state index is 12.6. The molecule has 26 heavy (non-hydrogen) atoms. The minimum absolute atomic E-state index is 0.101. The number of pyridine rings is 1. The molecule has 1 fully saturated rings. The number of amides is 1. The van der Waals surface area contributed by atoms with E-state index in [1.54, 1.807) is 18.3 Å². The van der Waals surface area contributed by atoms with E-state index >= 15 is 0 Å². The quantitative estimate of drug-likeness (QED) is 0.911. The Kier molecular flexibility index (Phi) is 4.57. The summed E-state index contributed by atoms with van der Waals surface area (Å²) in [6, 6.07) is 5.85. The summed E-state index contributed by atoms with van der Waals surface area (Å²) in [5.41, 5.74) is 2.03. The summed E-state index contributed by atoms with van der Waals surface area (Å²) in [5.74, 6) is 1.46. The smallest absolute Gasteiger partial charge is 0.273 e. The molecular weight excluding hydrogens is 330 g/mol. The molecule has 1 saturated heterocycles. The number of nitrogens with zero attached hydrogens (tertiary/aromatic N) is 4. The van der Waals surface area contributed by atoms with Crippen molar-refractivity contribution in [3.63, 3.8) is 0 Å². The molecule has 0 unspecified atom stereocenters. The molecule has 0 atom stereocenters. The minimum Gasteiger partial charge on any atom is -0.360 e. The van der Waals surface area contributed by atoms with Gasteiger partial charge in [0.2, 0.25) is 0 Å². The minimum atomic E-state index is -0.133. The molecule has 1 aliphatic heterocycles. The van der Waals surface area contributed by atoms with Crippen LogP contribution in [-0.2, 0) is 12.8 Å². The molecule has 1 N–H and O–H groups in total. The molecule has 0 aromatic carbocycles. The van der Waals surface area contributed by atoms with Crippen LogP contribution in [0.15, 0.2) is 22.9 Å². The van der Waals surface area contributed by atoms with Gasteiger partial charge in [0.1, 0.15) is 17.6 Å². The SMILES string of the molecule is N#Cc1cccnc1N1CCC(NC(=O)c2noc3c2CCCC3)CC1. The van der Waals surface area contributed by atoms with Crippen LogP contribution < -0.4 is 10.2 Å². The summed E-state index contributed by atoms with van der Waals surface area (Å²) in [6.07, 6.45) is 7.26. The van der Waals surface area contributed by atoms with Crippen LogP contribution in [0.25, 0.3) is 0 Å². The molecule has 7 nitrogen and oxygen atoms in total. The van der Waals surface area contributed by atoms with E-state index in [9.17, 15) is 10.1 Å². The zero-order chi connectivity index (χ0) is 17.9. The fourth-order valence-corrected chi connectivity index (χ4v) is 3.79. The number of carbonyl (C=O) groups excluding carboxylic acids is 1. The lowest BCUT2D eigenvalue weighted by atomic mass is 9.96. The first-order chi connectivity index (χ1) is 12.8. The summed E-state index contributed by atoms with van der Waals surface area (Å²) in [4.78, 5) is 19.0. The molecule has 2 aromatic rings. The monoisotopic (exact) mass is 351 g/mol. The summed E-state index contributed by atoms with van der Waals surface area (Å²) >= 11 is 0. The summed E-state index contributed by atoms with van der Waals surface area (Å²) in [7, 11) is 0. The average molecular weight is 351 g/mol. The van der Waals surface area contributed by atoms with Crippen molar-refractivity contribution in [2.75, 3.05) is 18.0 Å². The van der Waals surface area contributed by atoms with Gasteiger partial charge < -0.3 is 14.7 Å². The lowest BCUT2D eigenvalue weighted by Crippen LogP contribution is -2.45. The van der Waals surface area contributed by atoms with Gasteiger partial charge in [-0.1, -0.05) is 5.16 Å². The predicted molar refractivity (Wildman–Crippen MR) is 94.8 cm³/mol. The van der Waals surface area contributed by atoms with Crippen LogP contribution in [0.1, 0.15) is 53.1 Å².